The van der Waals surface area contributed by atoms with E-state index in [1.165, 1.54) is 0 Å². The van der Waals surface area contributed by atoms with Crippen LogP contribution in [0.3, 0.4) is 0 Å². The fourth-order valence-corrected chi connectivity index (χ4v) is 2.41. The molecule has 0 bridgehead atoms. The van der Waals surface area contributed by atoms with Crippen molar-refractivity contribution in [3.63, 3.8) is 0 Å². The molecule has 0 saturated carbocycles. The lowest BCUT2D eigenvalue weighted by molar-refractivity contribution is -0.128. The van der Waals surface area contributed by atoms with Gasteiger partial charge in [-0.1, -0.05) is 27.7 Å². The van der Waals surface area contributed by atoms with Gasteiger partial charge in [-0.15, -0.1) is 0 Å². The number of likely N-dealkylation sites (N-methyl/N-ethyl adjacent to an activating group) is 1. The Morgan fingerprint density at radius 1 is 0.774 bits per heavy atom. The van der Waals surface area contributed by atoms with Gasteiger partial charge >= 0.3 is 0 Å². The summed E-state index contributed by atoms with van der Waals surface area (Å²) in [6.45, 7) is 13.8. The van der Waals surface area contributed by atoms with E-state index in [-0.39, 0.29) is 55.2 Å². The van der Waals surface area contributed by atoms with Crippen LogP contribution >= 0.6 is 0 Å². The number of rotatable bonds is 19. The normalized spacial score (nSPS) is 11.9. The Morgan fingerprint density at radius 2 is 1.26 bits per heavy atom. The average Bonchev–Trinajstić information content (AvgIpc) is 2.70. The van der Waals surface area contributed by atoms with Crippen LogP contribution in [0.4, 0.5) is 0 Å². The number of ether oxygens (including phenoxy) is 3. The minimum atomic E-state index is -0.377. The molecule has 0 fully saturated rings. The number of hydrogen-bond donors (Lipinski definition) is 1. The fraction of sp³-hybridized carbons (Fsp3) is 0.870. The smallest absolute Gasteiger partial charge is 0.246 e. The van der Waals surface area contributed by atoms with E-state index in [2.05, 4.69) is 24.1 Å². The second kappa shape index (κ2) is 17.2. The molecule has 0 aromatic carbocycles. The van der Waals surface area contributed by atoms with Crippen molar-refractivity contribution in [3.8, 4) is 0 Å². The lowest BCUT2D eigenvalue weighted by Crippen LogP contribution is -2.43. The first-order chi connectivity index (χ1) is 14.5. The Labute approximate surface area is 188 Å². The Bertz CT molecular complexity index is 494. The van der Waals surface area contributed by atoms with Crippen molar-refractivity contribution in [1.82, 2.24) is 10.2 Å². The van der Waals surface area contributed by atoms with Gasteiger partial charge in [-0.25, -0.2) is 0 Å². The molecule has 0 aliphatic rings. The van der Waals surface area contributed by atoms with Gasteiger partial charge in [0, 0.05) is 37.3 Å². The van der Waals surface area contributed by atoms with E-state index in [0.29, 0.717) is 38.7 Å². The summed E-state index contributed by atoms with van der Waals surface area (Å²) in [5.41, 5.74) is 0. The van der Waals surface area contributed by atoms with Crippen LogP contribution in [0.2, 0.25) is 0 Å². The van der Waals surface area contributed by atoms with Crippen LogP contribution in [0, 0.1) is 11.8 Å². The second-order valence-electron chi connectivity index (χ2n) is 8.78. The molecule has 0 radical (unpaired) electrons. The maximum Gasteiger partial charge on any atom is 0.246 e. The molecular weight excluding hydrogens is 400 g/mol. The number of hydrogen-bond acceptors (Lipinski definition) is 7. The molecule has 0 aromatic rings. The Kier molecular flexibility index (Phi) is 16.5. The molecule has 0 heterocycles. The molecule has 31 heavy (non-hydrogen) atoms. The van der Waals surface area contributed by atoms with Crippen LogP contribution < -0.4 is 5.32 Å². The molecule has 1 amide bonds. The van der Waals surface area contributed by atoms with Crippen LogP contribution in [0.1, 0.15) is 54.4 Å². The number of carbonyl (C=O) groups is 3. The highest BCUT2D eigenvalue weighted by Gasteiger charge is 2.15. The van der Waals surface area contributed by atoms with Crippen LogP contribution in [-0.4, -0.2) is 87.7 Å². The molecule has 182 valence electrons. The summed E-state index contributed by atoms with van der Waals surface area (Å²) in [7, 11) is 2.01. The highest BCUT2D eigenvalue weighted by atomic mass is 16.5. The molecule has 0 atom stereocenters. The average molecular weight is 445 g/mol. The van der Waals surface area contributed by atoms with Gasteiger partial charge in [-0.05, 0) is 20.9 Å². The van der Waals surface area contributed by atoms with Crippen molar-refractivity contribution in [3.05, 3.63) is 0 Å². The van der Waals surface area contributed by atoms with E-state index in [0.717, 1.165) is 6.54 Å². The molecular formula is C23H44N2O6. The lowest BCUT2D eigenvalue weighted by Gasteiger charge is -2.21. The molecule has 0 rings (SSSR count). The minimum Gasteiger partial charge on any atom is -0.379 e. The zero-order chi connectivity index (χ0) is 23.8. The summed E-state index contributed by atoms with van der Waals surface area (Å²) in [4.78, 5) is 37.8. The highest BCUT2D eigenvalue weighted by molar-refractivity contribution is 5.80. The minimum absolute atomic E-state index is 0.0205. The molecule has 0 unspecified atom stereocenters. The summed E-state index contributed by atoms with van der Waals surface area (Å²) in [5, 5.41) is 2.85. The Morgan fingerprint density at radius 3 is 1.68 bits per heavy atom. The van der Waals surface area contributed by atoms with Crippen molar-refractivity contribution in [2.75, 3.05) is 53.2 Å². The number of ketones is 2. The predicted octanol–water partition coefficient (Wildman–Crippen LogP) is 2.09. The van der Waals surface area contributed by atoms with Crippen molar-refractivity contribution in [2.45, 2.75) is 66.5 Å². The zero-order valence-electron chi connectivity index (χ0n) is 20.6. The molecule has 0 aliphatic carbocycles. The molecule has 0 aromatic heterocycles. The molecule has 0 spiro atoms. The van der Waals surface area contributed by atoms with E-state index in [4.69, 9.17) is 14.2 Å². The Balaban J connectivity index is 4.38. The van der Waals surface area contributed by atoms with Gasteiger partial charge in [-0.2, -0.15) is 0 Å². The number of Topliss-reactive ketones (excluding diaryl/α,β-unsaturated/α-hetero) is 2. The first-order valence-corrected chi connectivity index (χ1v) is 11.3. The van der Waals surface area contributed by atoms with Gasteiger partial charge in [-0.3, -0.25) is 14.4 Å². The van der Waals surface area contributed by atoms with Crippen LogP contribution in [0.5, 0.6) is 0 Å². The van der Waals surface area contributed by atoms with Crippen molar-refractivity contribution in [1.29, 1.82) is 0 Å². The van der Waals surface area contributed by atoms with E-state index < -0.39 is 0 Å². The summed E-state index contributed by atoms with van der Waals surface area (Å²) in [5.74, 6) is -0.00542. The number of carbonyl (C=O) groups excluding carboxylic acids is 3. The second-order valence-corrected chi connectivity index (χ2v) is 8.78. The molecule has 8 heteroatoms. The van der Waals surface area contributed by atoms with Gasteiger partial charge in [0.1, 0.15) is 18.2 Å². The predicted molar refractivity (Wildman–Crippen MR) is 121 cm³/mol. The SMILES string of the molecule is CC(C)C(=O)CCOCC(COCCC(=O)C(C)C)NC(=O)COCCN(C)C(C)C. The standard InChI is InChI=1S/C23H44N2O6/c1-17(2)21(26)8-11-29-14-20(15-30-12-9-22(27)18(3)4)24-23(28)16-31-13-10-25(7)19(5)6/h17-20H,8-16H2,1-7H3,(H,24,28). The van der Waals surface area contributed by atoms with Crippen LogP contribution in [-0.2, 0) is 28.6 Å². The number of nitrogens with zero attached hydrogens (tertiary/aromatic N) is 1. The van der Waals surface area contributed by atoms with E-state index in [1.807, 2.05) is 34.7 Å². The van der Waals surface area contributed by atoms with Crippen molar-refractivity contribution < 1.29 is 28.6 Å². The van der Waals surface area contributed by atoms with Gasteiger partial charge in [0.25, 0.3) is 0 Å². The lowest BCUT2D eigenvalue weighted by atomic mass is 10.1. The number of nitrogens with one attached hydrogen (secondary N) is 1. The van der Waals surface area contributed by atoms with Gasteiger partial charge in [0.05, 0.1) is 39.1 Å². The molecule has 8 nitrogen and oxygen atoms in total. The fourth-order valence-electron chi connectivity index (χ4n) is 2.41. The first-order valence-electron chi connectivity index (χ1n) is 11.3. The zero-order valence-corrected chi connectivity index (χ0v) is 20.6. The maximum atomic E-state index is 12.2. The van der Waals surface area contributed by atoms with Crippen LogP contribution in [0.25, 0.3) is 0 Å². The summed E-state index contributed by atoms with van der Waals surface area (Å²) in [6, 6.07) is 0.0407. The van der Waals surface area contributed by atoms with Gasteiger partial charge < -0.3 is 24.4 Å². The molecule has 1 N–H and O–H groups in total. The molecule has 0 saturated heterocycles. The highest BCUT2D eigenvalue weighted by Crippen LogP contribution is 2.01. The van der Waals surface area contributed by atoms with E-state index in [1.54, 1.807) is 0 Å². The third-order valence-corrected chi connectivity index (χ3v) is 4.98. The van der Waals surface area contributed by atoms with E-state index in [9.17, 15) is 14.4 Å². The summed E-state index contributed by atoms with van der Waals surface area (Å²) >= 11 is 0. The van der Waals surface area contributed by atoms with Gasteiger partial charge in [0.2, 0.25) is 5.91 Å². The molecule has 0 aliphatic heterocycles. The largest absolute Gasteiger partial charge is 0.379 e. The first kappa shape index (κ1) is 29.7. The summed E-state index contributed by atoms with van der Waals surface area (Å²) in [6.07, 6.45) is 0.684. The Hall–Kier alpha value is -1.35. The van der Waals surface area contributed by atoms with Crippen molar-refractivity contribution in [2.24, 2.45) is 11.8 Å². The number of amides is 1. The van der Waals surface area contributed by atoms with E-state index >= 15 is 0 Å². The quantitative estimate of drug-likeness (QED) is 0.305. The van der Waals surface area contributed by atoms with Crippen LogP contribution in [0.15, 0.2) is 0 Å². The third kappa shape index (κ3) is 16.0. The van der Waals surface area contributed by atoms with Gasteiger partial charge in [0.15, 0.2) is 0 Å². The summed E-state index contributed by atoms with van der Waals surface area (Å²) < 4.78 is 16.6. The monoisotopic (exact) mass is 444 g/mol. The maximum absolute atomic E-state index is 12.2. The van der Waals surface area contributed by atoms with Crippen molar-refractivity contribution >= 4 is 17.5 Å². The third-order valence-electron chi connectivity index (χ3n) is 4.98. The topological polar surface area (TPSA) is 94.2 Å².